The molecule has 1 aliphatic carbocycles. The molecular weight excluding hydrogens is 278 g/mol. The maximum atomic E-state index is 11.3. The number of carboxylic acid groups (broad SMARTS) is 1. The average Bonchev–Trinajstić information content (AvgIpc) is 3.19. The minimum absolute atomic E-state index is 0.00422. The summed E-state index contributed by atoms with van der Waals surface area (Å²) < 4.78 is 5.68. The van der Waals surface area contributed by atoms with Crippen LogP contribution in [0.3, 0.4) is 0 Å². The van der Waals surface area contributed by atoms with Gasteiger partial charge in [-0.1, -0.05) is 0 Å². The van der Waals surface area contributed by atoms with Gasteiger partial charge in [0.15, 0.2) is 0 Å². The van der Waals surface area contributed by atoms with Gasteiger partial charge >= 0.3 is 5.97 Å². The first-order valence-corrected chi connectivity index (χ1v) is 6.82. The Morgan fingerprint density at radius 1 is 1.48 bits per heavy atom. The molecule has 0 amide bonds. The lowest BCUT2D eigenvalue weighted by Gasteiger charge is -2.20. The zero-order valence-electron chi connectivity index (χ0n) is 11.2. The Morgan fingerprint density at radius 3 is 2.86 bits per heavy atom. The number of aromatic carboxylic acids is 1. The second-order valence-corrected chi connectivity index (χ2v) is 5.36. The smallest absolute Gasteiger partial charge is 0.339 e. The molecule has 2 N–H and O–H groups in total. The molecule has 2 unspecified atom stereocenters. The molecule has 2 heterocycles. The Kier molecular flexibility index (Phi) is 3.46. The number of anilines is 1. The fraction of sp³-hybridized carbons (Fsp3) is 0.538. The van der Waals surface area contributed by atoms with Gasteiger partial charge in [0.1, 0.15) is 17.6 Å². The fourth-order valence-corrected chi connectivity index (χ4v) is 2.66. The Bertz CT molecular complexity index is 587. The Labute approximate surface area is 120 Å². The van der Waals surface area contributed by atoms with Crippen molar-refractivity contribution < 1.29 is 19.6 Å². The van der Waals surface area contributed by atoms with Crippen LogP contribution in [0.1, 0.15) is 29.6 Å². The lowest BCUT2D eigenvalue weighted by molar-refractivity contribution is -0.385. The van der Waals surface area contributed by atoms with Gasteiger partial charge in [-0.15, -0.1) is 0 Å². The lowest BCUT2D eigenvalue weighted by atomic mass is 10.1. The first kappa shape index (κ1) is 13.7. The zero-order chi connectivity index (χ0) is 15.0. The first-order valence-electron chi connectivity index (χ1n) is 6.82. The van der Waals surface area contributed by atoms with E-state index in [0.29, 0.717) is 12.5 Å². The molecule has 8 nitrogen and oxygen atoms in total. The van der Waals surface area contributed by atoms with E-state index >= 15 is 0 Å². The van der Waals surface area contributed by atoms with Crippen LogP contribution in [0.4, 0.5) is 11.5 Å². The van der Waals surface area contributed by atoms with Crippen molar-refractivity contribution in [3.63, 3.8) is 0 Å². The molecule has 2 aliphatic rings. The van der Waals surface area contributed by atoms with E-state index in [4.69, 9.17) is 4.74 Å². The summed E-state index contributed by atoms with van der Waals surface area (Å²) in [5, 5.41) is 23.0. The van der Waals surface area contributed by atoms with Gasteiger partial charge in [-0.2, -0.15) is 0 Å². The monoisotopic (exact) mass is 293 g/mol. The van der Waals surface area contributed by atoms with Gasteiger partial charge in [0.25, 0.3) is 5.69 Å². The maximum absolute atomic E-state index is 11.3. The topological polar surface area (TPSA) is 115 Å². The predicted octanol–water partition coefficient (Wildman–Crippen LogP) is 1.67. The fourth-order valence-electron chi connectivity index (χ4n) is 2.66. The third-order valence-electron chi connectivity index (χ3n) is 3.86. The van der Waals surface area contributed by atoms with Crippen LogP contribution >= 0.6 is 0 Å². The molecule has 2 fully saturated rings. The molecule has 3 rings (SSSR count). The van der Waals surface area contributed by atoms with Crippen LogP contribution < -0.4 is 5.32 Å². The number of aromatic nitrogens is 1. The number of ether oxygens (including phenoxy) is 1. The van der Waals surface area contributed by atoms with Crippen LogP contribution in [0.2, 0.25) is 0 Å². The van der Waals surface area contributed by atoms with Gasteiger partial charge in [0.2, 0.25) is 0 Å². The molecule has 2 atom stereocenters. The Balaban J connectivity index is 1.83. The van der Waals surface area contributed by atoms with Crippen LogP contribution in [0.25, 0.3) is 0 Å². The van der Waals surface area contributed by atoms with E-state index in [1.165, 1.54) is 0 Å². The quantitative estimate of drug-likeness (QED) is 0.626. The SMILES string of the molecule is O=C(O)c1cc([N+](=O)[O-])cnc1NC1CCOC1C1CC1. The predicted molar refractivity (Wildman–Crippen MR) is 72.3 cm³/mol. The molecular formula is C13H15N3O5. The molecule has 0 spiro atoms. The van der Waals surface area contributed by atoms with Crippen molar-refractivity contribution in [1.82, 2.24) is 4.98 Å². The van der Waals surface area contributed by atoms with E-state index < -0.39 is 10.9 Å². The van der Waals surface area contributed by atoms with Gasteiger partial charge in [-0.25, -0.2) is 9.78 Å². The van der Waals surface area contributed by atoms with Crippen LogP contribution in [-0.2, 0) is 4.74 Å². The molecule has 0 radical (unpaired) electrons. The number of pyridine rings is 1. The summed E-state index contributed by atoms with van der Waals surface area (Å²) in [6, 6.07) is 1.03. The van der Waals surface area contributed by atoms with E-state index in [1.54, 1.807) is 0 Å². The number of carboxylic acids is 1. The average molecular weight is 293 g/mol. The number of nitrogens with zero attached hydrogens (tertiary/aromatic N) is 2. The molecule has 0 aromatic carbocycles. The number of hydrogen-bond acceptors (Lipinski definition) is 6. The zero-order valence-corrected chi connectivity index (χ0v) is 11.2. The highest BCUT2D eigenvalue weighted by atomic mass is 16.6. The van der Waals surface area contributed by atoms with E-state index in [1.807, 2.05) is 0 Å². The highest BCUT2D eigenvalue weighted by Crippen LogP contribution is 2.39. The van der Waals surface area contributed by atoms with Crippen LogP contribution in [0, 0.1) is 16.0 Å². The van der Waals surface area contributed by atoms with Gasteiger partial charge in [0.05, 0.1) is 17.1 Å². The van der Waals surface area contributed by atoms with Crippen molar-refractivity contribution in [2.75, 3.05) is 11.9 Å². The van der Waals surface area contributed by atoms with Crippen LogP contribution in [-0.4, -0.2) is 39.7 Å². The molecule has 1 aromatic heterocycles. The molecule has 21 heavy (non-hydrogen) atoms. The summed E-state index contributed by atoms with van der Waals surface area (Å²) >= 11 is 0. The third-order valence-corrected chi connectivity index (χ3v) is 3.86. The molecule has 8 heteroatoms. The molecule has 1 saturated carbocycles. The minimum atomic E-state index is -1.24. The van der Waals surface area contributed by atoms with E-state index in [2.05, 4.69) is 10.3 Å². The van der Waals surface area contributed by atoms with E-state index in [9.17, 15) is 20.0 Å². The summed E-state index contributed by atoms with van der Waals surface area (Å²) in [7, 11) is 0. The van der Waals surface area contributed by atoms with Crippen molar-refractivity contribution in [1.29, 1.82) is 0 Å². The number of nitro groups is 1. The lowest BCUT2D eigenvalue weighted by Crippen LogP contribution is -2.32. The standard InChI is InChI=1S/C13H15N3O5/c17-13(18)9-5-8(16(19)20)6-14-12(9)15-10-3-4-21-11(10)7-1-2-7/h5-7,10-11H,1-4H2,(H,14,15)(H,17,18). The number of carbonyl (C=O) groups is 1. The van der Waals surface area contributed by atoms with Gasteiger partial charge in [-0.05, 0) is 25.2 Å². The molecule has 0 bridgehead atoms. The third kappa shape index (κ3) is 2.80. The second kappa shape index (κ2) is 5.28. The first-order chi connectivity index (χ1) is 10.1. The van der Waals surface area contributed by atoms with Crippen molar-refractivity contribution in [3.05, 3.63) is 27.9 Å². The van der Waals surface area contributed by atoms with E-state index in [0.717, 1.165) is 31.5 Å². The highest BCUT2D eigenvalue weighted by molar-refractivity contribution is 5.93. The molecule has 1 saturated heterocycles. The second-order valence-electron chi connectivity index (χ2n) is 5.36. The Hall–Kier alpha value is -2.22. The van der Waals surface area contributed by atoms with Gasteiger partial charge in [-0.3, -0.25) is 10.1 Å². The normalized spacial score (nSPS) is 24.8. The van der Waals surface area contributed by atoms with Crippen molar-refractivity contribution in [2.45, 2.75) is 31.4 Å². The summed E-state index contributed by atoms with van der Waals surface area (Å²) in [6.07, 6.45) is 4.17. The Morgan fingerprint density at radius 2 is 2.24 bits per heavy atom. The summed E-state index contributed by atoms with van der Waals surface area (Å²) in [5.74, 6) is -0.554. The number of nitrogens with one attached hydrogen (secondary N) is 1. The summed E-state index contributed by atoms with van der Waals surface area (Å²) in [4.78, 5) is 25.2. The van der Waals surface area contributed by atoms with Crippen molar-refractivity contribution >= 4 is 17.5 Å². The largest absolute Gasteiger partial charge is 0.478 e. The molecule has 1 aliphatic heterocycles. The van der Waals surface area contributed by atoms with Gasteiger partial charge in [0, 0.05) is 12.7 Å². The molecule has 1 aromatic rings. The van der Waals surface area contributed by atoms with E-state index in [-0.39, 0.29) is 29.2 Å². The van der Waals surface area contributed by atoms with Crippen molar-refractivity contribution in [2.24, 2.45) is 5.92 Å². The minimum Gasteiger partial charge on any atom is -0.478 e. The number of rotatable bonds is 5. The van der Waals surface area contributed by atoms with Crippen LogP contribution in [0.15, 0.2) is 12.3 Å². The number of hydrogen-bond donors (Lipinski definition) is 2. The van der Waals surface area contributed by atoms with Gasteiger partial charge < -0.3 is 15.2 Å². The van der Waals surface area contributed by atoms with Crippen LogP contribution in [0.5, 0.6) is 0 Å². The molecule has 112 valence electrons. The summed E-state index contributed by atoms with van der Waals surface area (Å²) in [6.45, 7) is 0.633. The maximum Gasteiger partial charge on any atom is 0.339 e. The highest BCUT2D eigenvalue weighted by Gasteiger charge is 2.41. The summed E-state index contributed by atoms with van der Waals surface area (Å²) in [5.41, 5.74) is -0.523. The van der Waals surface area contributed by atoms with Crippen molar-refractivity contribution in [3.8, 4) is 0 Å².